The molecule has 3 heterocycles. The average molecular weight is 498 g/mol. The zero-order chi connectivity index (χ0) is 24.8. The summed E-state index contributed by atoms with van der Waals surface area (Å²) in [5.74, 6) is -0.590. The number of hydrogen-bond donors (Lipinski definition) is 2. The van der Waals surface area contributed by atoms with Crippen molar-refractivity contribution in [2.75, 3.05) is 17.4 Å². The van der Waals surface area contributed by atoms with Gasteiger partial charge in [-0.2, -0.15) is 13.5 Å². The van der Waals surface area contributed by atoms with Crippen LogP contribution in [0.2, 0.25) is 0 Å². The van der Waals surface area contributed by atoms with Crippen LogP contribution in [0.3, 0.4) is 0 Å². The van der Waals surface area contributed by atoms with Crippen LogP contribution in [0.4, 0.5) is 10.1 Å². The number of carbonyl (C=O) groups is 1. The van der Waals surface area contributed by atoms with E-state index in [1.54, 1.807) is 31.3 Å². The fourth-order valence-electron chi connectivity index (χ4n) is 5.43. The van der Waals surface area contributed by atoms with E-state index in [1.807, 2.05) is 13.0 Å². The molecule has 1 fully saturated rings. The molecule has 0 bridgehead atoms. The van der Waals surface area contributed by atoms with E-state index in [0.717, 1.165) is 37.1 Å². The maximum Gasteiger partial charge on any atom is 0.281 e. The Morgan fingerprint density at radius 2 is 1.89 bits per heavy atom. The second-order valence-electron chi connectivity index (χ2n) is 9.22. The molecule has 2 N–H and O–H groups in total. The zero-order valence-electron chi connectivity index (χ0n) is 19.7. The number of rotatable bonds is 5. The van der Waals surface area contributed by atoms with Crippen LogP contribution in [0.15, 0.2) is 59.8 Å². The fraction of sp³-hybridized carbons (Fsp3) is 0.360. The first-order valence-corrected chi connectivity index (χ1v) is 13.1. The third kappa shape index (κ3) is 3.90. The van der Waals surface area contributed by atoms with Crippen LogP contribution in [0.1, 0.15) is 41.3 Å². The van der Waals surface area contributed by atoms with Gasteiger partial charge in [-0.25, -0.2) is 4.39 Å². The molecule has 1 aromatic heterocycles. The summed E-state index contributed by atoms with van der Waals surface area (Å²) in [6, 6.07) is 12.4. The number of nitrogens with zero attached hydrogens (tertiary/aromatic N) is 3. The van der Waals surface area contributed by atoms with Crippen molar-refractivity contribution in [3.63, 3.8) is 0 Å². The molecular weight excluding hydrogens is 469 g/mol. The molecule has 1 spiro atoms. The van der Waals surface area contributed by atoms with Crippen LogP contribution in [0.25, 0.3) is 0 Å². The molecule has 2 aliphatic heterocycles. The normalized spacial score (nSPS) is 19.1. The SMILES string of the molecule is CC1N(S(=O)(=O)c2ccnn2C)c2ccc(C(=O)NCc3ccc(F)cc3)cc2C12CCNCC2. The van der Waals surface area contributed by atoms with E-state index >= 15 is 0 Å². The monoisotopic (exact) mass is 497 g/mol. The molecule has 3 aromatic rings. The molecule has 184 valence electrons. The Bertz CT molecular complexity index is 1360. The van der Waals surface area contributed by atoms with Gasteiger partial charge in [0.25, 0.3) is 15.9 Å². The first kappa shape index (κ1) is 23.5. The van der Waals surface area contributed by atoms with Crippen molar-refractivity contribution in [2.24, 2.45) is 7.05 Å². The summed E-state index contributed by atoms with van der Waals surface area (Å²) in [5, 5.41) is 10.4. The van der Waals surface area contributed by atoms with Crippen LogP contribution in [0.5, 0.6) is 0 Å². The van der Waals surface area contributed by atoms with E-state index in [-0.39, 0.29) is 29.3 Å². The lowest BCUT2D eigenvalue weighted by Crippen LogP contribution is -2.50. The van der Waals surface area contributed by atoms with Gasteiger partial charge in [-0.15, -0.1) is 0 Å². The van der Waals surface area contributed by atoms with Crippen molar-refractivity contribution in [2.45, 2.75) is 42.8 Å². The number of nitrogens with one attached hydrogen (secondary N) is 2. The molecule has 2 aromatic carbocycles. The summed E-state index contributed by atoms with van der Waals surface area (Å²) in [6.45, 7) is 3.75. The molecule has 10 heteroatoms. The summed E-state index contributed by atoms with van der Waals surface area (Å²) < 4.78 is 43.6. The Labute approximate surface area is 204 Å². The summed E-state index contributed by atoms with van der Waals surface area (Å²) in [5.41, 5.74) is 2.34. The van der Waals surface area contributed by atoms with Gasteiger partial charge in [-0.05, 0) is 80.4 Å². The number of sulfonamides is 1. The van der Waals surface area contributed by atoms with Crippen molar-refractivity contribution < 1.29 is 17.6 Å². The average Bonchev–Trinajstić information content (AvgIpc) is 3.39. The van der Waals surface area contributed by atoms with Crippen LogP contribution in [-0.4, -0.2) is 43.2 Å². The molecule has 1 unspecified atom stereocenters. The third-order valence-electron chi connectivity index (χ3n) is 7.35. The number of amides is 1. The van der Waals surface area contributed by atoms with Crippen molar-refractivity contribution in [1.82, 2.24) is 20.4 Å². The minimum atomic E-state index is -3.86. The maximum atomic E-state index is 13.8. The predicted molar refractivity (Wildman–Crippen MR) is 130 cm³/mol. The molecule has 0 aliphatic carbocycles. The van der Waals surface area contributed by atoms with E-state index in [1.165, 1.54) is 33.4 Å². The number of aryl methyl sites for hydroxylation is 1. The smallest absolute Gasteiger partial charge is 0.281 e. The van der Waals surface area contributed by atoms with E-state index in [4.69, 9.17) is 0 Å². The van der Waals surface area contributed by atoms with Crippen molar-refractivity contribution >= 4 is 21.6 Å². The Balaban J connectivity index is 1.51. The van der Waals surface area contributed by atoms with Crippen LogP contribution in [-0.2, 0) is 29.0 Å². The number of hydrogen-bond acceptors (Lipinski definition) is 5. The fourth-order valence-corrected chi connectivity index (χ4v) is 7.28. The lowest BCUT2D eigenvalue weighted by Gasteiger charge is -2.40. The minimum Gasteiger partial charge on any atom is -0.348 e. The second kappa shape index (κ2) is 8.76. The molecule has 5 rings (SSSR count). The number of carbonyl (C=O) groups excluding carboxylic acids is 1. The Kier molecular flexibility index (Phi) is 5.88. The van der Waals surface area contributed by atoms with Gasteiger partial charge in [-0.3, -0.25) is 13.8 Å². The molecule has 1 amide bonds. The summed E-state index contributed by atoms with van der Waals surface area (Å²) >= 11 is 0. The number of fused-ring (bicyclic) bond motifs is 2. The van der Waals surface area contributed by atoms with Crippen LogP contribution in [0, 0.1) is 5.82 Å². The molecule has 8 nitrogen and oxygen atoms in total. The quantitative estimate of drug-likeness (QED) is 0.565. The number of halogens is 1. The highest BCUT2D eigenvalue weighted by Crippen LogP contribution is 2.52. The molecular formula is C25H28FN5O3S. The van der Waals surface area contributed by atoms with Gasteiger partial charge in [0.1, 0.15) is 5.82 Å². The number of anilines is 1. The van der Waals surface area contributed by atoms with E-state index in [0.29, 0.717) is 11.3 Å². The summed E-state index contributed by atoms with van der Waals surface area (Å²) in [6.07, 6.45) is 3.00. The lowest BCUT2D eigenvalue weighted by molar-refractivity contribution is 0.0950. The highest BCUT2D eigenvalue weighted by atomic mass is 32.2. The molecule has 2 aliphatic rings. The van der Waals surface area contributed by atoms with E-state index < -0.39 is 15.4 Å². The predicted octanol–water partition coefficient (Wildman–Crippen LogP) is 2.71. The Morgan fingerprint density at radius 1 is 1.17 bits per heavy atom. The van der Waals surface area contributed by atoms with E-state index in [9.17, 15) is 17.6 Å². The standard InChI is InChI=1S/C25H28FN5O3S/c1-17-25(10-13-27-14-11-25)21-15-19(24(32)28-16-18-3-6-20(26)7-4-18)5-8-22(21)31(17)35(33,34)23-9-12-29-30(23)2/h3-9,12,15,17,27H,10-11,13-14,16H2,1-2H3,(H,28,32). The van der Waals surface area contributed by atoms with Gasteiger partial charge < -0.3 is 10.6 Å². The first-order valence-electron chi connectivity index (χ1n) is 11.6. The van der Waals surface area contributed by atoms with Gasteiger partial charge in [-0.1, -0.05) is 12.1 Å². The minimum absolute atomic E-state index is 0.127. The van der Waals surface area contributed by atoms with Gasteiger partial charge >= 0.3 is 0 Å². The molecule has 0 radical (unpaired) electrons. The number of piperidine rings is 1. The highest BCUT2D eigenvalue weighted by molar-refractivity contribution is 7.92. The maximum absolute atomic E-state index is 13.8. The topological polar surface area (TPSA) is 96.3 Å². The van der Waals surface area contributed by atoms with Crippen molar-refractivity contribution in [1.29, 1.82) is 0 Å². The third-order valence-corrected chi connectivity index (χ3v) is 9.31. The van der Waals surface area contributed by atoms with Crippen molar-refractivity contribution in [3.8, 4) is 0 Å². The Morgan fingerprint density at radius 3 is 2.54 bits per heavy atom. The van der Waals surface area contributed by atoms with Crippen LogP contribution >= 0.6 is 0 Å². The van der Waals surface area contributed by atoms with Gasteiger partial charge in [0.15, 0.2) is 5.03 Å². The molecule has 35 heavy (non-hydrogen) atoms. The lowest BCUT2D eigenvalue weighted by atomic mass is 9.70. The summed E-state index contributed by atoms with van der Waals surface area (Å²) in [7, 11) is -2.25. The molecule has 1 saturated heterocycles. The summed E-state index contributed by atoms with van der Waals surface area (Å²) in [4.78, 5) is 13.0. The molecule has 1 atom stereocenters. The first-order chi connectivity index (χ1) is 16.7. The Hall–Kier alpha value is -3.24. The molecule has 0 saturated carbocycles. The van der Waals surface area contributed by atoms with Crippen molar-refractivity contribution in [3.05, 3.63) is 77.2 Å². The highest BCUT2D eigenvalue weighted by Gasteiger charge is 2.53. The zero-order valence-corrected chi connectivity index (χ0v) is 20.5. The van der Waals surface area contributed by atoms with Crippen LogP contribution < -0.4 is 14.9 Å². The van der Waals surface area contributed by atoms with Gasteiger partial charge in [0.05, 0.1) is 17.9 Å². The second-order valence-corrected chi connectivity index (χ2v) is 11.0. The largest absolute Gasteiger partial charge is 0.348 e. The van der Waals surface area contributed by atoms with Gasteiger partial charge in [0, 0.05) is 24.6 Å². The van der Waals surface area contributed by atoms with E-state index in [2.05, 4.69) is 15.7 Å². The number of aromatic nitrogens is 2. The van der Waals surface area contributed by atoms with Gasteiger partial charge in [0.2, 0.25) is 0 Å². The number of benzene rings is 2.